The highest BCUT2D eigenvalue weighted by molar-refractivity contribution is 9.10. The van der Waals surface area contributed by atoms with Crippen molar-refractivity contribution in [3.05, 3.63) is 52.8 Å². The number of halogens is 1. The predicted molar refractivity (Wildman–Crippen MR) is 60.0 cm³/mol. The van der Waals surface area contributed by atoms with Crippen molar-refractivity contribution in [2.45, 2.75) is 6.04 Å². The maximum atomic E-state index is 6.01. The van der Waals surface area contributed by atoms with E-state index in [-0.39, 0.29) is 6.04 Å². The van der Waals surface area contributed by atoms with Crippen LogP contribution in [0.25, 0.3) is 0 Å². The predicted octanol–water partition coefficient (Wildman–Crippen LogP) is 1.68. The first-order valence-corrected chi connectivity index (χ1v) is 5.18. The second-order valence-corrected chi connectivity index (χ2v) is 3.97. The Balaban J connectivity index is 2.29. The van der Waals surface area contributed by atoms with Crippen LogP contribution in [0.3, 0.4) is 0 Å². The van der Waals surface area contributed by atoms with Crippen LogP contribution in [0.2, 0.25) is 0 Å². The summed E-state index contributed by atoms with van der Waals surface area (Å²) in [5.41, 5.74) is 7.66. The van der Waals surface area contributed by atoms with E-state index >= 15 is 0 Å². The molecule has 0 bridgehead atoms. The van der Waals surface area contributed by atoms with Gasteiger partial charge in [0, 0.05) is 28.6 Å². The van der Waals surface area contributed by atoms with E-state index in [1.807, 2.05) is 12.1 Å². The molecule has 0 aliphatic rings. The molecular formula is C10H9BrN4. The first kappa shape index (κ1) is 10.2. The van der Waals surface area contributed by atoms with Gasteiger partial charge in [0.15, 0.2) is 0 Å². The number of nitrogens with two attached hydrogens (primary N) is 1. The van der Waals surface area contributed by atoms with E-state index in [1.54, 1.807) is 18.6 Å². The summed E-state index contributed by atoms with van der Waals surface area (Å²) in [5, 5.41) is 0. The molecule has 0 amide bonds. The first-order chi connectivity index (χ1) is 7.27. The Kier molecular flexibility index (Phi) is 3.03. The quantitative estimate of drug-likeness (QED) is 0.897. The van der Waals surface area contributed by atoms with Gasteiger partial charge in [-0.3, -0.25) is 4.98 Å². The third-order valence-electron chi connectivity index (χ3n) is 2.01. The minimum atomic E-state index is -0.278. The summed E-state index contributed by atoms with van der Waals surface area (Å²) in [7, 11) is 0. The maximum absolute atomic E-state index is 6.01. The summed E-state index contributed by atoms with van der Waals surface area (Å²) in [6.07, 6.45) is 6.59. The fraction of sp³-hybridized carbons (Fsp3) is 0.100. The monoisotopic (exact) mass is 264 g/mol. The maximum Gasteiger partial charge on any atom is 0.115 e. The zero-order valence-electron chi connectivity index (χ0n) is 7.84. The van der Waals surface area contributed by atoms with Crippen molar-refractivity contribution in [3.63, 3.8) is 0 Å². The number of rotatable bonds is 2. The van der Waals surface area contributed by atoms with E-state index in [0.717, 1.165) is 15.7 Å². The van der Waals surface area contributed by atoms with Crippen molar-refractivity contribution < 1.29 is 0 Å². The Hall–Kier alpha value is -1.33. The Labute approximate surface area is 95.7 Å². The normalized spacial score (nSPS) is 12.4. The first-order valence-electron chi connectivity index (χ1n) is 4.39. The van der Waals surface area contributed by atoms with Gasteiger partial charge in [-0.2, -0.15) is 0 Å². The van der Waals surface area contributed by atoms with Crippen LogP contribution in [0.1, 0.15) is 17.3 Å². The van der Waals surface area contributed by atoms with Crippen LogP contribution in [0.5, 0.6) is 0 Å². The van der Waals surface area contributed by atoms with Gasteiger partial charge in [-0.05, 0) is 28.1 Å². The molecule has 76 valence electrons. The molecule has 0 fully saturated rings. The second-order valence-electron chi connectivity index (χ2n) is 3.05. The van der Waals surface area contributed by atoms with Crippen LogP contribution in [0.15, 0.2) is 41.5 Å². The van der Waals surface area contributed by atoms with E-state index in [9.17, 15) is 0 Å². The van der Waals surface area contributed by atoms with Gasteiger partial charge in [0.25, 0.3) is 0 Å². The lowest BCUT2D eigenvalue weighted by Gasteiger charge is -2.09. The molecule has 0 aliphatic heterocycles. The molecule has 0 spiro atoms. The summed E-state index contributed by atoms with van der Waals surface area (Å²) in [6, 6.07) is 3.51. The summed E-state index contributed by atoms with van der Waals surface area (Å²) in [4.78, 5) is 12.1. The van der Waals surface area contributed by atoms with Crippen molar-refractivity contribution >= 4 is 15.9 Å². The molecule has 2 rings (SSSR count). The van der Waals surface area contributed by atoms with E-state index in [2.05, 4.69) is 30.9 Å². The van der Waals surface area contributed by atoms with Gasteiger partial charge in [0.2, 0.25) is 0 Å². The van der Waals surface area contributed by atoms with Crippen molar-refractivity contribution in [2.75, 3.05) is 0 Å². The highest BCUT2D eigenvalue weighted by atomic mass is 79.9. The van der Waals surface area contributed by atoms with Crippen LogP contribution < -0.4 is 5.73 Å². The van der Waals surface area contributed by atoms with Gasteiger partial charge in [0.05, 0.1) is 11.7 Å². The van der Waals surface area contributed by atoms with Crippen molar-refractivity contribution in [1.82, 2.24) is 15.0 Å². The molecule has 0 aliphatic carbocycles. The molecule has 2 heterocycles. The molecule has 0 aromatic carbocycles. The number of nitrogens with zero attached hydrogens (tertiary/aromatic N) is 3. The molecule has 4 nitrogen and oxygen atoms in total. The molecule has 0 saturated carbocycles. The minimum Gasteiger partial charge on any atom is -0.319 e. The lowest BCUT2D eigenvalue weighted by Crippen LogP contribution is -2.13. The fourth-order valence-corrected chi connectivity index (χ4v) is 1.45. The Morgan fingerprint density at radius 1 is 1.13 bits per heavy atom. The molecule has 5 heteroatoms. The average molecular weight is 265 g/mol. The Bertz CT molecular complexity index is 429. The number of aromatic nitrogens is 3. The van der Waals surface area contributed by atoms with Gasteiger partial charge in [-0.15, -0.1) is 0 Å². The highest BCUT2D eigenvalue weighted by Crippen LogP contribution is 2.17. The SMILES string of the molecule is NC(c1cncnc1)c1ccc(Br)cn1. The van der Waals surface area contributed by atoms with Crippen LogP contribution in [0.4, 0.5) is 0 Å². The van der Waals surface area contributed by atoms with Crippen LogP contribution in [-0.2, 0) is 0 Å². The van der Waals surface area contributed by atoms with Gasteiger partial charge in [-0.25, -0.2) is 9.97 Å². The lowest BCUT2D eigenvalue weighted by atomic mass is 10.1. The Morgan fingerprint density at radius 3 is 2.47 bits per heavy atom. The van der Waals surface area contributed by atoms with Gasteiger partial charge < -0.3 is 5.73 Å². The molecule has 1 atom stereocenters. The minimum absolute atomic E-state index is 0.278. The molecule has 1 unspecified atom stereocenters. The third-order valence-corrected chi connectivity index (χ3v) is 2.48. The second kappa shape index (κ2) is 4.46. The molecule has 0 radical (unpaired) electrons. The molecule has 2 aromatic heterocycles. The van der Waals surface area contributed by atoms with Gasteiger partial charge in [-0.1, -0.05) is 0 Å². The molecule has 2 N–H and O–H groups in total. The average Bonchev–Trinajstić information content (AvgIpc) is 2.30. The van der Waals surface area contributed by atoms with Crippen LogP contribution in [-0.4, -0.2) is 15.0 Å². The van der Waals surface area contributed by atoms with Gasteiger partial charge in [0.1, 0.15) is 6.33 Å². The van der Waals surface area contributed by atoms with Crippen molar-refractivity contribution in [1.29, 1.82) is 0 Å². The number of hydrogen-bond donors (Lipinski definition) is 1. The molecule has 15 heavy (non-hydrogen) atoms. The standard InChI is InChI=1S/C10H9BrN4/c11-8-1-2-9(15-5-8)10(12)7-3-13-6-14-4-7/h1-6,10H,12H2. The third kappa shape index (κ3) is 2.37. The van der Waals surface area contributed by atoms with E-state index in [0.29, 0.717) is 0 Å². The summed E-state index contributed by atoms with van der Waals surface area (Å²) >= 11 is 3.32. The largest absolute Gasteiger partial charge is 0.319 e. The van der Waals surface area contributed by atoms with E-state index in [1.165, 1.54) is 6.33 Å². The lowest BCUT2D eigenvalue weighted by molar-refractivity contribution is 0.812. The van der Waals surface area contributed by atoms with Crippen LogP contribution in [0, 0.1) is 0 Å². The zero-order chi connectivity index (χ0) is 10.7. The smallest absolute Gasteiger partial charge is 0.115 e. The van der Waals surface area contributed by atoms with Gasteiger partial charge >= 0.3 is 0 Å². The number of pyridine rings is 1. The fourth-order valence-electron chi connectivity index (χ4n) is 1.21. The highest BCUT2D eigenvalue weighted by Gasteiger charge is 2.09. The molecule has 0 saturated heterocycles. The molecular weight excluding hydrogens is 256 g/mol. The van der Waals surface area contributed by atoms with Crippen molar-refractivity contribution in [3.8, 4) is 0 Å². The Morgan fingerprint density at radius 2 is 1.87 bits per heavy atom. The van der Waals surface area contributed by atoms with E-state index < -0.39 is 0 Å². The summed E-state index contributed by atoms with van der Waals surface area (Å²) < 4.78 is 0.933. The molecule has 2 aromatic rings. The number of hydrogen-bond acceptors (Lipinski definition) is 4. The van der Waals surface area contributed by atoms with Crippen molar-refractivity contribution in [2.24, 2.45) is 5.73 Å². The topological polar surface area (TPSA) is 64.7 Å². The van der Waals surface area contributed by atoms with Crippen LogP contribution >= 0.6 is 15.9 Å². The summed E-state index contributed by atoms with van der Waals surface area (Å²) in [6.45, 7) is 0. The zero-order valence-corrected chi connectivity index (χ0v) is 9.42. The summed E-state index contributed by atoms with van der Waals surface area (Å²) in [5.74, 6) is 0. The van der Waals surface area contributed by atoms with E-state index in [4.69, 9.17) is 5.73 Å².